The summed E-state index contributed by atoms with van der Waals surface area (Å²) in [6.07, 6.45) is 0. The highest BCUT2D eigenvalue weighted by Gasteiger charge is 2.26. The Hall–Kier alpha value is -1.21. The molecule has 0 unspecified atom stereocenters. The SMILES string of the molecule is CCN(Cc1ccccc1)S(=O)(=O)c1ccsc1CO. The van der Waals surface area contributed by atoms with E-state index in [4.69, 9.17) is 0 Å². The summed E-state index contributed by atoms with van der Waals surface area (Å²) in [5.74, 6) is 0. The van der Waals surface area contributed by atoms with Crippen molar-refractivity contribution < 1.29 is 13.5 Å². The number of nitrogens with zero attached hydrogens (tertiary/aromatic N) is 1. The van der Waals surface area contributed by atoms with Crippen LogP contribution in [-0.2, 0) is 23.2 Å². The Morgan fingerprint density at radius 2 is 1.90 bits per heavy atom. The van der Waals surface area contributed by atoms with Gasteiger partial charge < -0.3 is 5.11 Å². The van der Waals surface area contributed by atoms with Gasteiger partial charge in [-0.25, -0.2) is 8.42 Å². The number of rotatable bonds is 6. The summed E-state index contributed by atoms with van der Waals surface area (Å²) >= 11 is 1.25. The summed E-state index contributed by atoms with van der Waals surface area (Å²) in [6, 6.07) is 11.0. The van der Waals surface area contributed by atoms with Gasteiger partial charge in [-0.05, 0) is 17.0 Å². The standard InChI is InChI=1S/C14H17NO3S2/c1-2-15(10-12-6-4-3-5-7-12)20(17,18)14-8-9-19-13(14)11-16/h3-9,16H,2,10-11H2,1H3. The van der Waals surface area contributed by atoms with Gasteiger partial charge in [0, 0.05) is 18.0 Å². The number of sulfonamides is 1. The van der Waals surface area contributed by atoms with Crippen molar-refractivity contribution in [1.29, 1.82) is 0 Å². The quantitative estimate of drug-likeness (QED) is 0.891. The molecule has 0 fully saturated rings. The molecule has 4 nitrogen and oxygen atoms in total. The average molecular weight is 311 g/mol. The van der Waals surface area contributed by atoms with Gasteiger partial charge in [-0.1, -0.05) is 37.3 Å². The van der Waals surface area contributed by atoms with E-state index in [1.54, 1.807) is 11.4 Å². The molecule has 20 heavy (non-hydrogen) atoms. The minimum absolute atomic E-state index is 0.211. The van der Waals surface area contributed by atoms with Crippen LogP contribution in [0.3, 0.4) is 0 Å². The van der Waals surface area contributed by atoms with Crippen LogP contribution in [0.4, 0.5) is 0 Å². The maximum absolute atomic E-state index is 12.6. The van der Waals surface area contributed by atoms with Crippen molar-refractivity contribution in [2.45, 2.75) is 25.0 Å². The van der Waals surface area contributed by atoms with Crippen LogP contribution in [0.1, 0.15) is 17.4 Å². The lowest BCUT2D eigenvalue weighted by Crippen LogP contribution is -2.30. The van der Waals surface area contributed by atoms with Crippen molar-refractivity contribution in [1.82, 2.24) is 4.31 Å². The molecule has 1 aromatic carbocycles. The number of benzene rings is 1. The minimum Gasteiger partial charge on any atom is -0.391 e. The third-order valence-corrected chi connectivity index (χ3v) is 6.06. The maximum atomic E-state index is 12.6. The molecule has 1 N–H and O–H groups in total. The summed E-state index contributed by atoms with van der Waals surface area (Å²) in [4.78, 5) is 0.694. The van der Waals surface area contributed by atoms with Crippen LogP contribution in [-0.4, -0.2) is 24.4 Å². The van der Waals surface area contributed by atoms with Gasteiger partial charge in [0.25, 0.3) is 0 Å². The van der Waals surface area contributed by atoms with Crippen LogP contribution in [0, 0.1) is 0 Å². The van der Waals surface area contributed by atoms with Gasteiger partial charge >= 0.3 is 0 Å². The van der Waals surface area contributed by atoms with E-state index in [0.717, 1.165) is 5.56 Å². The van der Waals surface area contributed by atoms with Gasteiger partial charge in [0.1, 0.15) is 0 Å². The zero-order valence-corrected chi connectivity index (χ0v) is 12.8. The van der Waals surface area contributed by atoms with Gasteiger partial charge in [0.15, 0.2) is 0 Å². The Balaban J connectivity index is 2.31. The maximum Gasteiger partial charge on any atom is 0.244 e. The monoisotopic (exact) mass is 311 g/mol. The van der Waals surface area contributed by atoms with Crippen LogP contribution in [0.25, 0.3) is 0 Å². The second kappa shape index (κ2) is 6.49. The fourth-order valence-electron chi connectivity index (χ4n) is 1.97. The van der Waals surface area contributed by atoms with Crippen molar-refractivity contribution in [3.05, 3.63) is 52.2 Å². The fourth-order valence-corrected chi connectivity index (χ4v) is 4.67. The molecule has 0 saturated carbocycles. The topological polar surface area (TPSA) is 57.6 Å². The van der Waals surface area contributed by atoms with Crippen molar-refractivity contribution >= 4 is 21.4 Å². The molecule has 0 aliphatic carbocycles. The van der Waals surface area contributed by atoms with Gasteiger partial charge in [-0.2, -0.15) is 4.31 Å². The van der Waals surface area contributed by atoms with E-state index >= 15 is 0 Å². The summed E-state index contributed by atoms with van der Waals surface area (Å²) < 4.78 is 26.7. The van der Waals surface area contributed by atoms with Crippen molar-refractivity contribution in [2.24, 2.45) is 0 Å². The molecule has 2 aromatic rings. The molecule has 108 valence electrons. The predicted molar refractivity (Wildman–Crippen MR) is 80.0 cm³/mol. The Labute approximate surface area is 123 Å². The van der Waals surface area contributed by atoms with Crippen LogP contribution < -0.4 is 0 Å². The zero-order chi connectivity index (χ0) is 14.6. The first kappa shape index (κ1) is 15.2. The minimum atomic E-state index is -3.57. The van der Waals surface area contributed by atoms with Crippen molar-refractivity contribution in [2.75, 3.05) is 6.54 Å². The highest BCUT2D eigenvalue weighted by atomic mass is 32.2. The number of thiophene rings is 1. The molecule has 0 saturated heterocycles. The van der Waals surface area contributed by atoms with Crippen LogP contribution in [0.2, 0.25) is 0 Å². The van der Waals surface area contributed by atoms with Gasteiger partial charge in [-0.15, -0.1) is 11.3 Å². The smallest absolute Gasteiger partial charge is 0.244 e. The Morgan fingerprint density at radius 1 is 1.20 bits per heavy atom. The lowest BCUT2D eigenvalue weighted by atomic mass is 10.2. The predicted octanol–water partition coefficient (Wildman–Crippen LogP) is 2.45. The molecular formula is C14H17NO3S2. The largest absolute Gasteiger partial charge is 0.391 e. The normalized spacial score (nSPS) is 11.9. The Morgan fingerprint density at radius 3 is 2.50 bits per heavy atom. The van der Waals surface area contributed by atoms with Crippen LogP contribution >= 0.6 is 11.3 Å². The third kappa shape index (κ3) is 3.09. The van der Waals surface area contributed by atoms with Gasteiger partial charge in [-0.3, -0.25) is 0 Å². The molecule has 0 aliphatic heterocycles. The van der Waals surface area contributed by atoms with E-state index in [0.29, 0.717) is 18.0 Å². The Bertz CT molecular complexity index is 650. The van der Waals surface area contributed by atoms with Gasteiger partial charge in [0.05, 0.1) is 11.5 Å². The van der Waals surface area contributed by atoms with Crippen molar-refractivity contribution in [3.8, 4) is 0 Å². The van der Waals surface area contributed by atoms with E-state index in [2.05, 4.69) is 0 Å². The van der Waals surface area contributed by atoms with Crippen LogP contribution in [0.15, 0.2) is 46.7 Å². The van der Waals surface area contributed by atoms with Crippen LogP contribution in [0.5, 0.6) is 0 Å². The molecule has 0 aliphatic rings. The molecule has 0 spiro atoms. The van der Waals surface area contributed by atoms with E-state index in [1.807, 2.05) is 37.3 Å². The number of hydrogen-bond acceptors (Lipinski definition) is 4. The Kier molecular flexibility index (Phi) is 4.93. The molecular weight excluding hydrogens is 294 g/mol. The second-order valence-electron chi connectivity index (χ2n) is 4.28. The van der Waals surface area contributed by atoms with E-state index in [9.17, 15) is 13.5 Å². The van der Waals surface area contributed by atoms with Crippen molar-refractivity contribution in [3.63, 3.8) is 0 Å². The van der Waals surface area contributed by atoms with E-state index in [-0.39, 0.29) is 11.5 Å². The third-order valence-electron chi connectivity index (χ3n) is 3.02. The summed E-state index contributed by atoms with van der Waals surface area (Å²) in [5.41, 5.74) is 0.943. The highest BCUT2D eigenvalue weighted by molar-refractivity contribution is 7.89. The first-order chi connectivity index (χ1) is 9.59. The summed E-state index contributed by atoms with van der Waals surface area (Å²) in [5, 5.41) is 10.9. The number of aliphatic hydroxyl groups excluding tert-OH is 1. The van der Waals surface area contributed by atoms with E-state index in [1.165, 1.54) is 15.6 Å². The highest BCUT2D eigenvalue weighted by Crippen LogP contribution is 2.26. The van der Waals surface area contributed by atoms with E-state index < -0.39 is 10.0 Å². The number of aliphatic hydroxyl groups is 1. The molecule has 2 rings (SSSR count). The first-order valence-electron chi connectivity index (χ1n) is 6.31. The molecule has 0 atom stereocenters. The number of hydrogen-bond donors (Lipinski definition) is 1. The summed E-state index contributed by atoms with van der Waals surface area (Å²) in [7, 11) is -3.57. The molecule has 1 aromatic heterocycles. The fraction of sp³-hybridized carbons (Fsp3) is 0.286. The summed E-state index contributed by atoms with van der Waals surface area (Å²) in [6.45, 7) is 2.28. The molecule has 0 bridgehead atoms. The molecule has 0 radical (unpaired) electrons. The second-order valence-corrected chi connectivity index (χ2v) is 7.19. The molecule has 0 amide bonds. The zero-order valence-electron chi connectivity index (χ0n) is 11.2. The van der Waals surface area contributed by atoms with Gasteiger partial charge in [0.2, 0.25) is 10.0 Å². The average Bonchev–Trinajstić information content (AvgIpc) is 2.95. The molecule has 6 heteroatoms. The first-order valence-corrected chi connectivity index (χ1v) is 8.63. The lowest BCUT2D eigenvalue weighted by Gasteiger charge is -2.20. The lowest BCUT2D eigenvalue weighted by molar-refractivity contribution is 0.282. The molecule has 1 heterocycles.